The summed E-state index contributed by atoms with van der Waals surface area (Å²) in [4.78, 5) is 11.1. The Hall–Kier alpha value is -1.81. The van der Waals surface area contributed by atoms with Crippen LogP contribution in [0.1, 0.15) is 5.56 Å². The van der Waals surface area contributed by atoms with Gasteiger partial charge in [-0.1, -0.05) is 30.3 Å². The minimum atomic E-state index is -0.231. The van der Waals surface area contributed by atoms with Crippen molar-refractivity contribution in [1.82, 2.24) is 9.78 Å². The third-order valence-electron chi connectivity index (χ3n) is 2.23. The van der Waals surface area contributed by atoms with Crippen LogP contribution in [-0.4, -0.2) is 21.6 Å². The first kappa shape index (κ1) is 11.7. The zero-order valence-electron chi connectivity index (χ0n) is 9.14. The number of halogens is 1. The molecule has 0 unspecified atom stereocenters. The van der Waals surface area contributed by atoms with E-state index in [9.17, 15) is 4.79 Å². The predicted molar refractivity (Wildman–Crippen MR) is 67.1 cm³/mol. The van der Waals surface area contributed by atoms with Crippen molar-refractivity contribution in [3.63, 3.8) is 0 Å². The summed E-state index contributed by atoms with van der Waals surface area (Å²) in [6.45, 7) is 0.678. The zero-order valence-corrected chi connectivity index (χ0v) is 9.89. The molecule has 88 valence electrons. The Labute approximate surface area is 104 Å². The number of amides is 1. The van der Waals surface area contributed by atoms with Crippen LogP contribution in [0, 0.1) is 0 Å². The van der Waals surface area contributed by atoms with Crippen LogP contribution in [-0.2, 0) is 11.3 Å². The maximum atomic E-state index is 11.1. The summed E-state index contributed by atoms with van der Waals surface area (Å²) in [5, 5.41) is 6.80. The van der Waals surface area contributed by atoms with Crippen LogP contribution in [0.4, 0.5) is 5.69 Å². The highest BCUT2D eigenvalue weighted by Crippen LogP contribution is 2.07. The van der Waals surface area contributed by atoms with Crippen molar-refractivity contribution >= 4 is 23.2 Å². The van der Waals surface area contributed by atoms with Crippen LogP contribution in [0.15, 0.2) is 42.7 Å². The Kier molecular flexibility index (Phi) is 3.77. The minimum Gasteiger partial charge on any atom is -0.322 e. The molecule has 17 heavy (non-hydrogen) atoms. The Bertz CT molecular complexity index is 495. The Balaban J connectivity index is 2.01. The Morgan fingerprint density at radius 1 is 1.35 bits per heavy atom. The number of nitrogens with one attached hydrogen (secondary N) is 1. The van der Waals surface area contributed by atoms with Crippen LogP contribution < -0.4 is 5.32 Å². The van der Waals surface area contributed by atoms with E-state index < -0.39 is 0 Å². The summed E-state index contributed by atoms with van der Waals surface area (Å²) >= 11 is 5.40. The van der Waals surface area contributed by atoms with Gasteiger partial charge in [0.05, 0.1) is 18.4 Å². The molecular weight excluding hydrogens is 238 g/mol. The molecule has 1 aromatic heterocycles. The molecule has 0 aliphatic rings. The van der Waals surface area contributed by atoms with Gasteiger partial charge in [0.25, 0.3) is 0 Å². The molecule has 1 amide bonds. The summed E-state index contributed by atoms with van der Waals surface area (Å²) in [7, 11) is 0. The quantitative estimate of drug-likeness (QED) is 0.844. The third kappa shape index (κ3) is 3.32. The van der Waals surface area contributed by atoms with Crippen molar-refractivity contribution in [2.45, 2.75) is 6.54 Å². The van der Waals surface area contributed by atoms with Crippen molar-refractivity contribution in [1.29, 1.82) is 0 Å². The SMILES string of the molecule is O=C(CCl)Nc1cnn(Cc2ccccc2)c1. The fraction of sp³-hybridized carbons (Fsp3) is 0.167. The van der Waals surface area contributed by atoms with Crippen LogP contribution >= 0.6 is 11.6 Å². The average molecular weight is 250 g/mol. The van der Waals surface area contributed by atoms with Gasteiger partial charge in [0.15, 0.2) is 0 Å². The summed E-state index contributed by atoms with van der Waals surface area (Å²) in [6, 6.07) is 9.99. The fourth-order valence-electron chi connectivity index (χ4n) is 1.48. The van der Waals surface area contributed by atoms with Crippen LogP contribution in [0.25, 0.3) is 0 Å². The van der Waals surface area contributed by atoms with E-state index in [1.54, 1.807) is 17.1 Å². The summed E-state index contributed by atoms with van der Waals surface area (Å²) in [6.07, 6.45) is 3.38. The van der Waals surface area contributed by atoms with Gasteiger partial charge < -0.3 is 5.32 Å². The first-order valence-corrected chi connectivity index (χ1v) is 5.73. The molecule has 2 aromatic rings. The molecule has 0 bridgehead atoms. The van der Waals surface area contributed by atoms with E-state index in [1.165, 1.54) is 0 Å². The summed E-state index contributed by atoms with van der Waals surface area (Å²) in [5.41, 5.74) is 1.82. The molecule has 0 fully saturated rings. The lowest BCUT2D eigenvalue weighted by Gasteiger charge is -2.01. The number of alkyl halides is 1. The standard InChI is InChI=1S/C12H12ClN3O/c13-6-12(17)15-11-7-14-16(9-11)8-10-4-2-1-3-5-10/h1-5,7,9H,6,8H2,(H,15,17). The number of aromatic nitrogens is 2. The molecule has 0 saturated heterocycles. The number of nitrogens with zero attached hydrogens (tertiary/aromatic N) is 2. The van der Waals surface area contributed by atoms with Crippen LogP contribution in [0.3, 0.4) is 0 Å². The fourth-order valence-corrected chi connectivity index (χ4v) is 1.55. The monoisotopic (exact) mass is 249 g/mol. The number of hydrogen-bond donors (Lipinski definition) is 1. The number of carbonyl (C=O) groups is 1. The average Bonchev–Trinajstić information content (AvgIpc) is 2.77. The van der Waals surface area contributed by atoms with E-state index >= 15 is 0 Å². The Morgan fingerprint density at radius 3 is 2.82 bits per heavy atom. The largest absolute Gasteiger partial charge is 0.322 e. The maximum absolute atomic E-state index is 11.1. The highest BCUT2D eigenvalue weighted by molar-refractivity contribution is 6.29. The second-order valence-electron chi connectivity index (χ2n) is 3.59. The molecule has 1 N–H and O–H groups in total. The van der Waals surface area contributed by atoms with Gasteiger partial charge in [-0.15, -0.1) is 11.6 Å². The number of benzene rings is 1. The summed E-state index contributed by atoms with van der Waals surface area (Å²) in [5.74, 6) is -0.282. The molecule has 0 radical (unpaired) electrons. The van der Waals surface area contributed by atoms with E-state index in [2.05, 4.69) is 10.4 Å². The van der Waals surface area contributed by atoms with Gasteiger partial charge in [0.2, 0.25) is 5.91 Å². The van der Waals surface area contributed by atoms with Gasteiger partial charge >= 0.3 is 0 Å². The molecule has 0 spiro atoms. The lowest BCUT2D eigenvalue weighted by atomic mass is 10.2. The number of hydrogen-bond acceptors (Lipinski definition) is 2. The van der Waals surface area contributed by atoms with Gasteiger partial charge in [-0.3, -0.25) is 9.48 Å². The van der Waals surface area contributed by atoms with Crippen LogP contribution in [0.2, 0.25) is 0 Å². The lowest BCUT2D eigenvalue weighted by molar-refractivity contribution is -0.113. The first-order valence-electron chi connectivity index (χ1n) is 5.20. The van der Waals surface area contributed by atoms with Gasteiger partial charge in [-0.05, 0) is 5.56 Å². The normalized spacial score (nSPS) is 10.2. The molecule has 4 nitrogen and oxygen atoms in total. The van der Waals surface area contributed by atoms with Crippen LogP contribution in [0.5, 0.6) is 0 Å². The number of rotatable bonds is 4. The third-order valence-corrected chi connectivity index (χ3v) is 2.47. The van der Waals surface area contributed by atoms with E-state index in [0.717, 1.165) is 5.56 Å². The number of carbonyl (C=O) groups excluding carboxylic acids is 1. The van der Waals surface area contributed by atoms with E-state index in [-0.39, 0.29) is 11.8 Å². The second-order valence-corrected chi connectivity index (χ2v) is 3.86. The van der Waals surface area contributed by atoms with E-state index in [0.29, 0.717) is 12.2 Å². The topological polar surface area (TPSA) is 46.9 Å². The zero-order chi connectivity index (χ0) is 12.1. The van der Waals surface area contributed by atoms with Gasteiger partial charge in [-0.2, -0.15) is 5.10 Å². The summed E-state index contributed by atoms with van der Waals surface area (Å²) < 4.78 is 1.76. The maximum Gasteiger partial charge on any atom is 0.239 e. The Morgan fingerprint density at radius 2 is 2.12 bits per heavy atom. The highest BCUT2D eigenvalue weighted by atomic mass is 35.5. The van der Waals surface area contributed by atoms with E-state index in [4.69, 9.17) is 11.6 Å². The highest BCUT2D eigenvalue weighted by Gasteiger charge is 2.03. The minimum absolute atomic E-state index is 0.0517. The lowest BCUT2D eigenvalue weighted by Crippen LogP contribution is -2.11. The molecule has 0 atom stereocenters. The van der Waals surface area contributed by atoms with Crippen molar-refractivity contribution in [2.75, 3.05) is 11.2 Å². The first-order chi connectivity index (χ1) is 8.28. The van der Waals surface area contributed by atoms with Crippen molar-refractivity contribution in [2.24, 2.45) is 0 Å². The molecule has 0 aliphatic heterocycles. The molecule has 5 heteroatoms. The number of anilines is 1. The molecule has 1 aromatic carbocycles. The van der Waals surface area contributed by atoms with Crippen molar-refractivity contribution in [3.8, 4) is 0 Å². The van der Waals surface area contributed by atoms with Crippen molar-refractivity contribution in [3.05, 3.63) is 48.3 Å². The van der Waals surface area contributed by atoms with Gasteiger partial charge in [0, 0.05) is 6.20 Å². The smallest absolute Gasteiger partial charge is 0.239 e. The molecule has 0 aliphatic carbocycles. The molecule has 1 heterocycles. The van der Waals surface area contributed by atoms with Gasteiger partial charge in [0.1, 0.15) is 5.88 Å². The second kappa shape index (κ2) is 5.50. The molecular formula is C12H12ClN3O. The van der Waals surface area contributed by atoms with Gasteiger partial charge in [-0.25, -0.2) is 0 Å². The van der Waals surface area contributed by atoms with Crippen molar-refractivity contribution < 1.29 is 4.79 Å². The van der Waals surface area contributed by atoms with E-state index in [1.807, 2.05) is 30.3 Å². The molecule has 2 rings (SSSR count). The molecule has 0 saturated carbocycles. The predicted octanol–water partition coefficient (Wildman–Crippen LogP) is 2.11.